The van der Waals surface area contributed by atoms with Crippen molar-refractivity contribution in [1.29, 1.82) is 0 Å². The molecule has 3 unspecified atom stereocenters. The number of tetrazole rings is 1. The standard InChI is InChI=1S/C13H27N5/c1-7-10(4)12(6)18-13(15-16-17-18)11(5)14-8-9(2)3/h9-12,14H,7-8H2,1-6H3. The van der Waals surface area contributed by atoms with E-state index in [0.29, 0.717) is 17.9 Å². The zero-order valence-corrected chi connectivity index (χ0v) is 12.5. The van der Waals surface area contributed by atoms with Gasteiger partial charge in [-0.05, 0) is 42.7 Å². The predicted octanol–water partition coefficient (Wildman–Crippen LogP) is 2.59. The van der Waals surface area contributed by atoms with Crippen molar-refractivity contribution in [2.75, 3.05) is 6.54 Å². The molecule has 5 nitrogen and oxygen atoms in total. The van der Waals surface area contributed by atoms with E-state index in [1.807, 2.05) is 4.68 Å². The van der Waals surface area contributed by atoms with Gasteiger partial charge >= 0.3 is 0 Å². The van der Waals surface area contributed by atoms with Gasteiger partial charge in [0, 0.05) is 0 Å². The molecule has 1 aromatic rings. The van der Waals surface area contributed by atoms with Gasteiger partial charge in [0.2, 0.25) is 0 Å². The minimum Gasteiger partial charge on any atom is -0.307 e. The van der Waals surface area contributed by atoms with Crippen molar-refractivity contribution < 1.29 is 0 Å². The van der Waals surface area contributed by atoms with E-state index in [-0.39, 0.29) is 6.04 Å². The molecule has 0 spiro atoms. The van der Waals surface area contributed by atoms with Crippen molar-refractivity contribution in [3.63, 3.8) is 0 Å². The number of nitrogens with zero attached hydrogens (tertiary/aromatic N) is 4. The molecule has 1 aromatic heterocycles. The Morgan fingerprint density at radius 2 is 1.83 bits per heavy atom. The zero-order valence-electron chi connectivity index (χ0n) is 12.5. The summed E-state index contributed by atoms with van der Waals surface area (Å²) < 4.78 is 1.96. The maximum Gasteiger partial charge on any atom is 0.168 e. The third kappa shape index (κ3) is 3.77. The van der Waals surface area contributed by atoms with E-state index < -0.39 is 0 Å². The molecule has 3 atom stereocenters. The number of nitrogens with one attached hydrogen (secondary N) is 1. The largest absolute Gasteiger partial charge is 0.307 e. The molecule has 104 valence electrons. The summed E-state index contributed by atoms with van der Waals surface area (Å²) in [6.45, 7) is 14.1. The molecule has 1 N–H and O–H groups in total. The summed E-state index contributed by atoms with van der Waals surface area (Å²) in [6.07, 6.45) is 1.13. The smallest absolute Gasteiger partial charge is 0.168 e. The highest BCUT2D eigenvalue weighted by molar-refractivity contribution is 4.92. The lowest BCUT2D eigenvalue weighted by molar-refractivity contribution is 0.318. The first kappa shape index (κ1) is 15.1. The second-order valence-corrected chi connectivity index (χ2v) is 5.63. The lowest BCUT2D eigenvalue weighted by Gasteiger charge is -2.22. The van der Waals surface area contributed by atoms with Crippen molar-refractivity contribution in [2.24, 2.45) is 11.8 Å². The minimum absolute atomic E-state index is 0.189. The van der Waals surface area contributed by atoms with Crippen LogP contribution in [0.15, 0.2) is 0 Å². The summed E-state index contributed by atoms with van der Waals surface area (Å²) in [7, 11) is 0. The van der Waals surface area contributed by atoms with Gasteiger partial charge in [0.05, 0.1) is 12.1 Å². The third-order valence-corrected chi connectivity index (χ3v) is 3.59. The molecular formula is C13H27N5. The van der Waals surface area contributed by atoms with Gasteiger partial charge in [0.1, 0.15) is 0 Å². The molecule has 0 radical (unpaired) electrons. The van der Waals surface area contributed by atoms with Crippen LogP contribution in [0.2, 0.25) is 0 Å². The van der Waals surface area contributed by atoms with E-state index >= 15 is 0 Å². The first-order valence-corrected chi connectivity index (χ1v) is 6.98. The summed E-state index contributed by atoms with van der Waals surface area (Å²) >= 11 is 0. The molecule has 1 heterocycles. The van der Waals surface area contributed by atoms with Gasteiger partial charge in [0.15, 0.2) is 5.82 Å². The highest BCUT2D eigenvalue weighted by Crippen LogP contribution is 2.22. The summed E-state index contributed by atoms with van der Waals surface area (Å²) in [4.78, 5) is 0. The highest BCUT2D eigenvalue weighted by atomic mass is 15.6. The Morgan fingerprint density at radius 1 is 1.17 bits per heavy atom. The Balaban J connectivity index is 2.75. The van der Waals surface area contributed by atoms with E-state index in [0.717, 1.165) is 18.8 Å². The molecule has 0 saturated carbocycles. The Bertz CT molecular complexity index is 347. The molecular weight excluding hydrogens is 226 g/mol. The molecule has 0 saturated heterocycles. The Hall–Kier alpha value is -0.970. The van der Waals surface area contributed by atoms with Crippen LogP contribution in [0.4, 0.5) is 0 Å². The minimum atomic E-state index is 0.189. The molecule has 0 fully saturated rings. The lowest BCUT2D eigenvalue weighted by Crippen LogP contribution is -2.28. The van der Waals surface area contributed by atoms with Crippen LogP contribution in [0.1, 0.15) is 65.9 Å². The molecule has 0 aliphatic heterocycles. The summed E-state index contributed by atoms with van der Waals surface area (Å²) in [6, 6.07) is 0.525. The number of hydrogen-bond donors (Lipinski definition) is 1. The topological polar surface area (TPSA) is 55.6 Å². The van der Waals surface area contributed by atoms with E-state index in [1.165, 1.54) is 0 Å². The Kier molecular flexibility index (Phi) is 5.72. The van der Waals surface area contributed by atoms with Gasteiger partial charge in [-0.1, -0.05) is 34.1 Å². The van der Waals surface area contributed by atoms with E-state index in [2.05, 4.69) is 62.4 Å². The molecule has 0 amide bonds. The van der Waals surface area contributed by atoms with Crippen molar-refractivity contribution >= 4 is 0 Å². The SMILES string of the molecule is CCC(C)C(C)n1nnnc1C(C)NCC(C)C. The molecule has 5 heteroatoms. The summed E-state index contributed by atoms with van der Waals surface area (Å²) in [5, 5.41) is 15.6. The zero-order chi connectivity index (χ0) is 13.7. The number of rotatable bonds is 7. The summed E-state index contributed by atoms with van der Waals surface area (Å²) in [5.41, 5.74) is 0. The maximum absolute atomic E-state index is 4.17. The van der Waals surface area contributed by atoms with Crippen LogP contribution in [0.3, 0.4) is 0 Å². The number of hydrogen-bond acceptors (Lipinski definition) is 4. The molecule has 18 heavy (non-hydrogen) atoms. The molecule has 0 aromatic carbocycles. The van der Waals surface area contributed by atoms with Crippen LogP contribution < -0.4 is 5.32 Å². The van der Waals surface area contributed by atoms with Gasteiger partial charge in [0.25, 0.3) is 0 Å². The van der Waals surface area contributed by atoms with Gasteiger partial charge < -0.3 is 5.32 Å². The van der Waals surface area contributed by atoms with Gasteiger partial charge in [-0.25, -0.2) is 4.68 Å². The van der Waals surface area contributed by atoms with E-state index in [9.17, 15) is 0 Å². The van der Waals surface area contributed by atoms with Crippen molar-refractivity contribution in [2.45, 2.75) is 60.0 Å². The van der Waals surface area contributed by atoms with Crippen LogP contribution in [0.5, 0.6) is 0 Å². The van der Waals surface area contributed by atoms with Crippen LogP contribution in [-0.2, 0) is 0 Å². The first-order chi connectivity index (χ1) is 8.47. The van der Waals surface area contributed by atoms with Crippen molar-refractivity contribution in [3.8, 4) is 0 Å². The fraction of sp³-hybridized carbons (Fsp3) is 0.923. The van der Waals surface area contributed by atoms with Gasteiger partial charge in [-0.15, -0.1) is 5.10 Å². The number of aromatic nitrogens is 4. The maximum atomic E-state index is 4.17. The second kappa shape index (κ2) is 6.83. The normalized spacial score (nSPS) is 16.8. The van der Waals surface area contributed by atoms with Crippen molar-refractivity contribution in [1.82, 2.24) is 25.5 Å². The van der Waals surface area contributed by atoms with Gasteiger partial charge in [-0.2, -0.15) is 0 Å². The van der Waals surface area contributed by atoms with Crippen LogP contribution >= 0.6 is 0 Å². The Morgan fingerprint density at radius 3 is 2.39 bits per heavy atom. The average Bonchev–Trinajstić information content (AvgIpc) is 2.82. The summed E-state index contributed by atoms with van der Waals surface area (Å²) in [5.74, 6) is 2.14. The van der Waals surface area contributed by atoms with Crippen molar-refractivity contribution in [3.05, 3.63) is 5.82 Å². The second-order valence-electron chi connectivity index (χ2n) is 5.63. The molecule has 1 rings (SSSR count). The molecule has 0 bridgehead atoms. The molecule has 0 aliphatic rings. The monoisotopic (exact) mass is 253 g/mol. The third-order valence-electron chi connectivity index (χ3n) is 3.59. The van der Waals surface area contributed by atoms with Crippen LogP contribution in [0, 0.1) is 11.8 Å². The Labute approximate surface area is 110 Å². The predicted molar refractivity (Wildman–Crippen MR) is 73.2 cm³/mol. The fourth-order valence-corrected chi connectivity index (χ4v) is 1.86. The van der Waals surface area contributed by atoms with Crippen LogP contribution in [0.25, 0.3) is 0 Å². The lowest BCUT2D eigenvalue weighted by atomic mass is 10.0. The van der Waals surface area contributed by atoms with Crippen LogP contribution in [-0.4, -0.2) is 26.8 Å². The quantitative estimate of drug-likeness (QED) is 0.811. The van der Waals surface area contributed by atoms with E-state index in [4.69, 9.17) is 0 Å². The van der Waals surface area contributed by atoms with Gasteiger partial charge in [-0.3, -0.25) is 0 Å². The first-order valence-electron chi connectivity index (χ1n) is 6.98. The van der Waals surface area contributed by atoms with E-state index in [1.54, 1.807) is 0 Å². The molecule has 0 aliphatic carbocycles. The highest BCUT2D eigenvalue weighted by Gasteiger charge is 2.21. The average molecular weight is 253 g/mol. The fourth-order valence-electron chi connectivity index (χ4n) is 1.86.